The SMILES string of the molecule is CC(=O)NCCC#Cc1ccc2c(ccn2C(=O)OC(C)(C)C)c1. The first-order chi connectivity index (χ1) is 11.3. The Morgan fingerprint density at radius 1 is 1.25 bits per heavy atom. The number of hydrogen-bond donors (Lipinski definition) is 1. The van der Waals surface area contributed by atoms with E-state index in [0.717, 1.165) is 16.5 Å². The summed E-state index contributed by atoms with van der Waals surface area (Å²) in [6.07, 6.45) is 1.90. The van der Waals surface area contributed by atoms with Crippen LogP contribution in [-0.4, -0.2) is 28.7 Å². The molecule has 0 bridgehead atoms. The van der Waals surface area contributed by atoms with Crippen LogP contribution in [0.3, 0.4) is 0 Å². The Hall–Kier alpha value is -2.74. The molecule has 5 nitrogen and oxygen atoms in total. The molecule has 1 heterocycles. The number of nitrogens with one attached hydrogen (secondary N) is 1. The van der Waals surface area contributed by atoms with E-state index in [1.165, 1.54) is 11.5 Å². The number of hydrogen-bond acceptors (Lipinski definition) is 3. The third-order valence-corrected chi connectivity index (χ3v) is 3.14. The van der Waals surface area contributed by atoms with Gasteiger partial charge >= 0.3 is 6.09 Å². The Labute approximate surface area is 142 Å². The Morgan fingerprint density at radius 3 is 2.67 bits per heavy atom. The van der Waals surface area contributed by atoms with Crippen molar-refractivity contribution < 1.29 is 14.3 Å². The largest absolute Gasteiger partial charge is 0.443 e. The Bertz CT molecular complexity index is 816. The van der Waals surface area contributed by atoms with Gasteiger partial charge in [-0.3, -0.25) is 9.36 Å². The molecule has 0 fully saturated rings. The van der Waals surface area contributed by atoms with E-state index in [9.17, 15) is 9.59 Å². The second kappa shape index (κ2) is 7.22. The summed E-state index contributed by atoms with van der Waals surface area (Å²) >= 11 is 0. The van der Waals surface area contributed by atoms with Crippen molar-refractivity contribution in [3.05, 3.63) is 36.0 Å². The Morgan fingerprint density at radius 2 is 2.00 bits per heavy atom. The monoisotopic (exact) mass is 326 g/mol. The zero-order chi connectivity index (χ0) is 17.7. The number of aromatic nitrogens is 1. The predicted molar refractivity (Wildman–Crippen MR) is 93.7 cm³/mol. The number of rotatable bonds is 2. The van der Waals surface area contributed by atoms with Crippen LogP contribution in [0.5, 0.6) is 0 Å². The van der Waals surface area contributed by atoms with E-state index < -0.39 is 11.7 Å². The summed E-state index contributed by atoms with van der Waals surface area (Å²) in [5, 5.41) is 3.63. The van der Waals surface area contributed by atoms with E-state index in [4.69, 9.17) is 4.74 Å². The minimum absolute atomic E-state index is 0.0540. The van der Waals surface area contributed by atoms with Crippen molar-refractivity contribution in [3.63, 3.8) is 0 Å². The molecule has 1 amide bonds. The zero-order valence-corrected chi connectivity index (χ0v) is 14.5. The highest BCUT2D eigenvalue weighted by atomic mass is 16.6. The molecule has 2 aromatic rings. The van der Waals surface area contributed by atoms with E-state index >= 15 is 0 Å². The summed E-state index contributed by atoms with van der Waals surface area (Å²) in [6, 6.07) is 7.52. The van der Waals surface area contributed by atoms with Gasteiger partial charge < -0.3 is 10.1 Å². The molecule has 0 radical (unpaired) electrons. The summed E-state index contributed by atoms with van der Waals surface area (Å²) in [5.41, 5.74) is 1.12. The summed E-state index contributed by atoms with van der Waals surface area (Å²) in [5.74, 6) is 6.03. The third kappa shape index (κ3) is 4.88. The van der Waals surface area contributed by atoms with Gasteiger partial charge in [0, 0.05) is 37.0 Å². The van der Waals surface area contributed by atoms with Crippen molar-refractivity contribution in [2.45, 2.75) is 39.7 Å². The topological polar surface area (TPSA) is 60.3 Å². The van der Waals surface area contributed by atoms with Crippen LogP contribution in [0.4, 0.5) is 4.79 Å². The number of ether oxygens (including phenoxy) is 1. The molecule has 1 aromatic carbocycles. The molecule has 0 saturated carbocycles. The average Bonchev–Trinajstić information content (AvgIpc) is 2.88. The lowest BCUT2D eigenvalue weighted by Crippen LogP contribution is -2.26. The number of carbonyl (C=O) groups is 2. The summed E-state index contributed by atoms with van der Waals surface area (Å²) < 4.78 is 6.89. The second-order valence-corrected chi connectivity index (χ2v) is 6.47. The minimum atomic E-state index is -0.535. The number of nitrogens with zero attached hydrogens (tertiary/aromatic N) is 1. The third-order valence-electron chi connectivity index (χ3n) is 3.14. The van der Waals surface area contributed by atoms with Gasteiger partial charge in [0.05, 0.1) is 5.52 Å². The molecule has 24 heavy (non-hydrogen) atoms. The maximum atomic E-state index is 12.2. The fraction of sp³-hybridized carbons (Fsp3) is 0.368. The number of fused-ring (bicyclic) bond motifs is 1. The molecule has 0 unspecified atom stereocenters. The molecule has 0 aliphatic rings. The first-order valence-corrected chi connectivity index (χ1v) is 7.84. The zero-order valence-electron chi connectivity index (χ0n) is 14.5. The van der Waals surface area contributed by atoms with Gasteiger partial charge in [-0.15, -0.1) is 0 Å². The van der Waals surface area contributed by atoms with Crippen molar-refractivity contribution in [2.24, 2.45) is 0 Å². The fourth-order valence-corrected chi connectivity index (χ4v) is 2.16. The van der Waals surface area contributed by atoms with Crippen LogP contribution in [0.2, 0.25) is 0 Å². The Kier molecular flexibility index (Phi) is 5.30. The van der Waals surface area contributed by atoms with Crippen LogP contribution < -0.4 is 5.32 Å². The standard InChI is InChI=1S/C19H22N2O3/c1-14(22)20-11-6-5-7-15-8-9-17-16(13-15)10-12-21(17)18(23)24-19(2,3)4/h8-10,12-13H,6,11H2,1-4H3,(H,20,22). The average molecular weight is 326 g/mol. The van der Waals surface area contributed by atoms with Gasteiger partial charge in [-0.2, -0.15) is 0 Å². The quantitative estimate of drug-likeness (QED) is 0.680. The highest BCUT2D eigenvalue weighted by Crippen LogP contribution is 2.19. The lowest BCUT2D eigenvalue weighted by molar-refractivity contribution is -0.118. The molecule has 2 rings (SSSR count). The van der Waals surface area contributed by atoms with Crippen LogP contribution in [0.25, 0.3) is 10.9 Å². The van der Waals surface area contributed by atoms with E-state index in [2.05, 4.69) is 17.2 Å². The molecule has 126 valence electrons. The maximum Gasteiger partial charge on any atom is 0.418 e. The van der Waals surface area contributed by atoms with E-state index in [0.29, 0.717) is 13.0 Å². The van der Waals surface area contributed by atoms with Crippen LogP contribution in [0.1, 0.15) is 39.7 Å². The number of benzene rings is 1. The molecular weight excluding hydrogens is 304 g/mol. The van der Waals surface area contributed by atoms with Crippen molar-refractivity contribution >= 4 is 22.9 Å². The smallest absolute Gasteiger partial charge is 0.418 e. The number of amides is 1. The first-order valence-electron chi connectivity index (χ1n) is 7.84. The van der Waals surface area contributed by atoms with Crippen molar-refractivity contribution in [3.8, 4) is 11.8 Å². The van der Waals surface area contributed by atoms with E-state index in [1.54, 1.807) is 6.20 Å². The summed E-state index contributed by atoms with van der Waals surface area (Å²) in [7, 11) is 0. The van der Waals surface area contributed by atoms with Gasteiger partial charge in [0.1, 0.15) is 5.60 Å². The van der Waals surface area contributed by atoms with E-state index in [-0.39, 0.29) is 5.91 Å². The van der Waals surface area contributed by atoms with Gasteiger partial charge in [-0.05, 0) is 45.0 Å². The fourth-order valence-electron chi connectivity index (χ4n) is 2.16. The first kappa shape index (κ1) is 17.6. The van der Waals surface area contributed by atoms with Crippen LogP contribution in [-0.2, 0) is 9.53 Å². The molecule has 0 aliphatic heterocycles. The molecular formula is C19H22N2O3. The van der Waals surface area contributed by atoms with Crippen LogP contribution >= 0.6 is 0 Å². The van der Waals surface area contributed by atoms with E-state index in [1.807, 2.05) is 45.0 Å². The Balaban J connectivity index is 2.12. The summed E-state index contributed by atoms with van der Waals surface area (Å²) in [4.78, 5) is 23.0. The molecule has 0 saturated heterocycles. The van der Waals surface area contributed by atoms with Gasteiger partial charge in [0.15, 0.2) is 0 Å². The van der Waals surface area contributed by atoms with Gasteiger partial charge in [-0.25, -0.2) is 4.79 Å². The van der Waals surface area contributed by atoms with Gasteiger partial charge in [-0.1, -0.05) is 11.8 Å². The van der Waals surface area contributed by atoms with Crippen molar-refractivity contribution in [1.29, 1.82) is 0 Å². The summed E-state index contributed by atoms with van der Waals surface area (Å²) in [6.45, 7) is 7.54. The van der Waals surface area contributed by atoms with Crippen LogP contribution in [0, 0.1) is 11.8 Å². The molecule has 0 aliphatic carbocycles. The highest BCUT2D eigenvalue weighted by molar-refractivity contribution is 5.90. The van der Waals surface area contributed by atoms with Crippen LogP contribution in [0.15, 0.2) is 30.5 Å². The molecule has 5 heteroatoms. The second-order valence-electron chi connectivity index (χ2n) is 6.47. The van der Waals surface area contributed by atoms with Gasteiger partial charge in [0.25, 0.3) is 0 Å². The lowest BCUT2D eigenvalue weighted by Gasteiger charge is -2.19. The molecule has 0 atom stereocenters. The van der Waals surface area contributed by atoms with Gasteiger partial charge in [0.2, 0.25) is 5.91 Å². The predicted octanol–water partition coefficient (Wildman–Crippen LogP) is 3.30. The molecule has 1 aromatic heterocycles. The number of carbonyl (C=O) groups excluding carboxylic acids is 2. The highest BCUT2D eigenvalue weighted by Gasteiger charge is 2.18. The molecule has 1 N–H and O–H groups in total. The molecule has 0 spiro atoms. The maximum absolute atomic E-state index is 12.2. The van der Waals surface area contributed by atoms with Crippen molar-refractivity contribution in [1.82, 2.24) is 9.88 Å². The lowest BCUT2D eigenvalue weighted by atomic mass is 10.1. The van der Waals surface area contributed by atoms with Crippen molar-refractivity contribution in [2.75, 3.05) is 6.54 Å². The minimum Gasteiger partial charge on any atom is -0.443 e. The normalized spacial score (nSPS) is 10.8.